The van der Waals surface area contributed by atoms with Crippen LogP contribution in [-0.2, 0) is 4.79 Å². The molecule has 34 heavy (non-hydrogen) atoms. The monoisotopic (exact) mass is 468 g/mol. The maximum Gasteiger partial charge on any atom is 0.140 e. The van der Waals surface area contributed by atoms with E-state index in [1.54, 1.807) is 0 Å². The summed E-state index contributed by atoms with van der Waals surface area (Å²) in [4.78, 5) is 17.1. The highest BCUT2D eigenvalue weighted by atomic mass is 16.1. The maximum atomic E-state index is 14.0. The van der Waals surface area contributed by atoms with E-state index in [0.29, 0.717) is 47.8 Å². The molecule has 7 aliphatic rings. The number of hydrogen-bond acceptors (Lipinski definition) is 5. The Hall–Kier alpha value is -0.490. The van der Waals surface area contributed by atoms with E-state index < -0.39 is 0 Å². The Kier molecular flexibility index (Phi) is 6.08. The van der Waals surface area contributed by atoms with Gasteiger partial charge >= 0.3 is 0 Å². The number of nitrogens with zero attached hydrogens (tertiary/aromatic N) is 1. The zero-order valence-corrected chi connectivity index (χ0v) is 21.3. The third-order valence-electron chi connectivity index (χ3n) is 11.8. The molecule has 7 fully saturated rings. The second kappa shape index (κ2) is 9.11. The number of fused-ring (bicyclic) bond motifs is 8. The molecule has 4 aliphatic heterocycles. The van der Waals surface area contributed by atoms with Crippen molar-refractivity contribution in [3.63, 3.8) is 0 Å². The molecule has 5 nitrogen and oxygen atoms in total. The van der Waals surface area contributed by atoms with Gasteiger partial charge in [0.15, 0.2) is 0 Å². The van der Waals surface area contributed by atoms with E-state index in [0.717, 1.165) is 25.4 Å². The zero-order chi connectivity index (χ0) is 22.7. The van der Waals surface area contributed by atoms with Crippen LogP contribution in [0.1, 0.15) is 96.3 Å². The van der Waals surface area contributed by atoms with Crippen molar-refractivity contribution >= 4 is 5.78 Å². The maximum absolute atomic E-state index is 14.0. The van der Waals surface area contributed by atoms with Gasteiger partial charge in [0.1, 0.15) is 5.78 Å². The van der Waals surface area contributed by atoms with Crippen molar-refractivity contribution in [3.05, 3.63) is 0 Å². The van der Waals surface area contributed by atoms with Crippen molar-refractivity contribution in [2.75, 3.05) is 19.6 Å². The number of Topliss-reactive ketones (excluding diaryl/α,β-unsaturated/α-hetero) is 1. The topological polar surface area (TPSA) is 56.4 Å². The number of carbonyl (C=O) groups is 1. The number of nitrogens with one attached hydrogen (secondary N) is 3. The van der Waals surface area contributed by atoms with E-state index in [1.807, 2.05) is 0 Å². The lowest BCUT2D eigenvalue weighted by Gasteiger charge is -2.72. The molecule has 0 bridgehead atoms. The summed E-state index contributed by atoms with van der Waals surface area (Å²) in [6.45, 7) is 3.44. The van der Waals surface area contributed by atoms with Gasteiger partial charge in [0, 0.05) is 53.5 Å². The Labute approximate surface area is 206 Å². The minimum atomic E-state index is 0.186. The van der Waals surface area contributed by atoms with Gasteiger partial charge < -0.3 is 16.0 Å². The van der Waals surface area contributed by atoms with Crippen LogP contribution in [0.15, 0.2) is 0 Å². The summed E-state index contributed by atoms with van der Waals surface area (Å²) >= 11 is 0. The first-order valence-electron chi connectivity index (χ1n) is 15.3. The van der Waals surface area contributed by atoms with Gasteiger partial charge in [0.2, 0.25) is 0 Å². The van der Waals surface area contributed by atoms with E-state index in [1.165, 1.54) is 96.6 Å². The second-order valence-electron chi connectivity index (χ2n) is 13.1. The van der Waals surface area contributed by atoms with Crippen LogP contribution in [0.3, 0.4) is 0 Å². The third-order valence-corrected chi connectivity index (χ3v) is 11.8. The fourth-order valence-corrected chi connectivity index (χ4v) is 10.9. The molecule has 0 aromatic rings. The van der Waals surface area contributed by atoms with E-state index in [2.05, 4.69) is 20.9 Å². The molecule has 7 rings (SSSR count). The predicted octanol–water partition coefficient (Wildman–Crippen LogP) is 3.62. The lowest BCUT2D eigenvalue weighted by atomic mass is 9.43. The molecule has 3 N–H and O–H groups in total. The Morgan fingerprint density at radius 1 is 0.588 bits per heavy atom. The Morgan fingerprint density at radius 3 is 1.85 bits per heavy atom. The summed E-state index contributed by atoms with van der Waals surface area (Å²) < 4.78 is 0. The fraction of sp³-hybridized carbons (Fsp3) is 0.966. The van der Waals surface area contributed by atoms with Crippen molar-refractivity contribution in [1.82, 2.24) is 20.9 Å². The Balaban J connectivity index is 1.38. The highest BCUT2D eigenvalue weighted by Crippen LogP contribution is 2.61. The highest BCUT2D eigenvalue weighted by molar-refractivity contribution is 5.86. The van der Waals surface area contributed by atoms with Crippen LogP contribution in [0.4, 0.5) is 0 Å². The van der Waals surface area contributed by atoms with Gasteiger partial charge in [0.25, 0.3) is 0 Å². The van der Waals surface area contributed by atoms with Crippen LogP contribution in [0.5, 0.6) is 0 Å². The van der Waals surface area contributed by atoms with Crippen molar-refractivity contribution in [3.8, 4) is 0 Å². The Bertz CT molecular complexity index is 713. The predicted molar refractivity (Wildman–Crippen MR) is 136 cm³/mol. The molecule has 190 valence electrons. The summed E-state index contributed by atoms with van der Waals surface area (Å²) in [6, 6.07) is 3.56. The molecule has 0 amide bonds. The Morgan fingerprint density at radius 2 is 1.15 bits per heavy atom. The van der Waals surface area contributed by atoms with Gasteiger partial charge in [-0.25, -0.2) is 0 Å². The van der Waals surface area contributed by atoms with E-state index >= 15 is 0 Å². The molecule has 0 aromatic carbocycles. The molecule has 8 atom stereocenters. The molecule has 4 saturated heterocycles. The van der Waals surface area contributed by atoms with E-state index in [9.17, 15) is 4.79 Å². The van der Waals surface area contributed by atoms with Crippen LogP contribution in [0.25, 0.3) is 0 Å². The summed E-state index contributed by atoms with van der Waals surface area (Å²) in [5.74, 6) is 1.79. The minimum Gasteiger partial charge on any atom is -0.313 e. The molecule has 0 radical (unpaired) electrons. The number of hydrogen-bond donors (Lipinski definition) is 3. The number of ketones is 1. The smallest absolute Gasteiger partial charge is 0.140 e. The summed E-state index contributed by atoms with van der Waals surface area (Å²) in [5.41, 5.74) is 0.186. The summed E-state index contributed by atoms with van der Waals surface area (Å²) in [5, 5.41) is 12.5. The lowest BCUT2D eigenvalue weighted by molar-refractivity contribution is -0.191. The third kappa shape index (κ3) is 3.22. The van der Waals surface area contributed by atoms with E-state index in [4.69, 9.17) is 0 Å². The minimum absolute atomic E-state index is 0.186. The lowest BCUT2D eigenvalue weighted by Crippen LogP contribution is -2.86. The van der Waals surface area contributed by atoms with Crippen molar-refractivity contribution < 1.29 is 4.79 Å². The normalized spacial score (nSPS) is 50.2. The number of piperidine rings is 4. The molecule has 5 heteroatoms. The quantitative estimate of drug-likeness (QED) is 0.549. The highest BCUT2D eigenvalue weighted by Gasteiger charge is 2.70. The van der Waals surface area contributed by atoms with Gasteiger partial charge in [-0.1, -0.05) is 32.1 Å². The molecule has 4 heterocycles. The van der Waals surface area contributed by atoms with Gasteiger partial charge in [0.05, 0.1) is 0 Å². The van der Waals surface area contributed by atoms with Crippen molar-refractivity contribution in [1.29, 1.82) is 0 Å². The largest absolute Gasteiger partial charge is 0.313 e. The molecule has 3 saturated carbocycles. The molecule has 1 spiro atoms. The van der Waals surface area contributed by atoms with Crippen LogP contribution in [0, 0.1) is 23.2 Å². The van der Waals surface area contributed by atoms with Crippen molar-refractivity contribution in [2.45, 2.75) is 133 Å². The number of rotatable bonds is 1. The molecular formula is C29H48N4O. The molecule has 8 unspecified atom stereocenters. The zero-order valence-electron chi connectivity index (χ0n) is 21.3. The van der Waals surface area contributed by atoms with E-state index in [-0.39, 0.29) is 11.3 Å². The van der Waals surface area contributed by atoms with Gasteiger partial charge in [-0.2, -0.15) is 0 Å². The SMILES string of the molecule is O=C1C2CCCCC2C2(C3NCCCC13)C1NCCCC1N(C1CCCCC1)C1CCCNC12. The average molecular weight is 469 g/mol. The van der Waals surface area contributed by atoms with Crippen molar-refractivity contribution in [2.24, 2.45) is 23.2 Å². The summed E-state index contributed by atoms with van der Waals surface area (Å²) in [6.07, 6.45) is 19.8. The van der Waals surface area contributed by atoms with Crippen LogP contribution >= 0.6 is 0 Å². The first-order valence-corrected chi connectivity index (χ1v) is 15.3. The average Bonchev–Trinajstić information content (AvgIpc) is 2.91. The summed E-state index contributed by atoms with van der Waals surface area (Å²) in [7, 11) is 0. The van der Waals surface area contributed by atoms with Crippen LogP contribution in [-0.4, -0.2) is 66.6 Å². The first kappa shape index (κ1) is 22.7. The van der Waals surface area contributed by atoms with Gasteiger partial charge in [-0.15, -0.1) is 0 Å². The van der Waals surface area contributed by atoms with Gasteiger partial charge in [-0.3, -0.25) is 9.69 Å². The van der Waals surface area contributed by atoms with Gasteiger partial charge in [-0.05, 0) is 89.8 Å². The molecule has 3 aliphatic carbocycles. The molecular weight excluding hydrogens is 420 g/mol. The fourth-order valence-electron chi connectivity index (χ4n) is 10.9. The molecule has 0 aromatic heterocycles. The standard InChI is InChI=1S/C29H48N4O/c34-25-20-11-4-5-13-22(20)29(26-21(25)12-6-16-30-26)27-23(14-7-17-31-27)33(19-9-2-1-3-10-19)24-15-8-18-32-28(24)29/h19-24,26-28,30-32H,1-18H2. The second-order valence-corrected chi connectivity index (χ2v) is 13.1. The van der Waals surface area contributed by atoms with Crippen LogP contribution in [0.2, 0.25) is 0 Å². The van der Waals surface area contributed by atoms with Crippen LogP contribution < -0.4 is 16.0 Å². The number of carbonyl (C=O) groups excluding carboxylic acids is 1. The number of likely N-dealkylation sites (tertiary alicyclic amines) is 1. The first-order chi connectivity index (χ1) is 16.8.